The summed E-state index contributed by atoms with van der Waals surface area (Å²) in [7, 11) is 1.61. The third-order valence-electron chi connectivity index (χ3n) is 5.13. The first kappa shape index (κ1) is 17.5. The molecule has 1 aliphatic rings. The Bertz CT molecular complexity index is 732. The number of carbonyl (C=O) groups excluding carboxylic acids is 1. The van der Waals surface area contributed by atoms with E-state index in [0.29, 0.717) is 24.3 Å². The molecule has 0 spiro atoms. The predicted molar refractivity (Wildman–Crippen MR) is 94.7 cm³/mol. The van der Waals surface area contributed by atoms with Crippen LogP contribution in [0.4, 0.5) is 0 Å². The molecule has 2 unspecified atom stereocenters. The van der Waals surface area contributed by atoms with Crippen molar-refractivity contribution in [2.45, 2.75) is 44.8 Å². The Morgan fingerprint density at radius 2 is 2.08 bits per heavy atom. The zero-order chi connectivity index (χ0) is 18.0. The molecule has 1 N–H and O–H groups in total. The molecule has 2 atom stereocenters. The Balaban J connectivity index is 1.88. The minimum atomic E-state index is -1.13. The van der Waals surface area contributed by atoms with E-state index >= 15 is 0 Å². The minimum absolute atomic E-state index is 0.0677. The lowest BCUT2D eigenvalue weighted by Gasteiger charge is -2.37. The highest BCUT2D eigenvalue weighted by atomic mass is 16.5. The summed E-state index contributed by atoms with van der Waals surface area (Å²) in [4.78, 5) is 14.8. The minimum Gasteiger partial charge on any atom is -0.497 e. The number of hydrogen-bond donors (Lipinski definition) is 1. The van der Waals surface area contributed by atoms with Gasteiger partial charge in [0.1, 0.15) is 17.1 Å². The number of nitrogens with zero attached hydrogens (tertiary/aromatic N) is 1. The van der Waals surface area contributed by atoms with Gasteiger partial charge in [0.05, 0.1) is 25.0 Å². The number of furan rings is 1. The number of carbonyl (C=O) groups is 1. The van der Waals surface area contributed by atoms with Crippen molar-refractivity contribution in [3.05, 3.63) is 53.5 Å². The van der Waals surface area contributed by atoms with Crippen LogP contribution in [-0.4, -0.2) is 35.6 Å². The van der Waals surface area contributed by atoms with Gasteiger partial charge in [-0.1, -0.05) is 19.1 Å². The van der Waals surface area contributed by atoms with Crippen LogP contribution in [0.3, 0.4) is 0 Å². The van der Waals surface area contributed by atoms with Gasteiger partial charge >= 0.3 is 0 Å². The molecule has 2 aromatic rings. The molecule has 2 heterocycles. The molecule has 25 heavy (non-hydrogen) atoms. The summed E-state index contributed by atoms with van der Waals surface area (Å²) in [6, 6.07) is 8.82. The van der Waals surface area contributed by atoms with Crippen molar-refractivity contribution in [3.8, 4) is 5.75 Å². The van der Waals surface area contributed by atoms with Gasteiger partial charge in [-0.05, 0) is 43.5 Å². The van der Waals surface area contributed by atoms with E-state index in [9.17, 15) is 9.90 Å². The monoisotopic (exact) mass is 343 g/mol. The number of ether oxygens (including phenoxy) is 1. The second-order valence-corrected chi connectivity index (χ2v) is 6.64. The van der Waals surface area contributed by atoms with Gasteiger partial charge in [0, 0.05) is 13.0 Å². The van der Waals surface area contributed by atoms with Crippen molar-refractivity contribution < 1.29 is 19.1 Å². The van der Waals surface area contributed by atoms with E-state index in [-0.39, 0.29) is 11.9 Å². The van der Waals surface area contributed by atoms with Crippen LogP contribution in [0.25, 0.3) is 0 Å². The Hall–Kier alpha value is -2.27. The number of aryl methyl sites for hydroxylation is 1. The van der Waals surface area contributed by atoms with Crippen molar-refractivity contribution in [1.29, 1.82) is 0 Å². The van der Waals surface area contributed by atoms with Crippen LogP contribution in [0.5, 0.6) is 5.75 Å². The molecule has 1 saturated heterocycles. The van der Waals surface area contributed by atoms with Crippen LogP contribution in [-0.2, 0) is 12.0 Å². The summed E-state index contributed by atoms with van der Waals surface area (Å²) in [5, 5.41) is 11.2. The van der Waals surface area contributed by atoms with Crippen LogP contribution >= 0.6 is 0 Å². The molecular weight excluding hydrogens is 318 g/mol. The first-order valence-corrected chi connectivity index (χ1v) is 8.73. The van der Waals surface area contributed by atoms with Crippen molar-refractivity contribution >= 4 is 5.91 Å². The number of amides is 1. The van der Waals surface area contributed by atoms with E-state index < -0.39 is 5.60 Å². The average molecular weight is 343 g/mol. The topological polar surface area (TPSA) is 62.9 Å². The number of aliphatic hydroxyl groups is 1. The molecule has 1 aromatic carbocycles. The molecule has 0 radical (unpaired) electrons. The van der Waals surface area contributed by atoms with E-state index in [1.54, 1.807) is 31.3 Å². The molecule has 134 valence electrons. The van der Waals surface area contributed by atoms with E-state index in [1.807, 2.05) is 31.2 Å². The van der Waals surface area contributed by atoms with Crippen LogP contribution in [0.15, 0.2) is 41.0 Å². The Labute approximate surface area is 148 Å². The Morgan fingerprint density at radius 3 is 2.72 bits per heavy atom. The maximum Gasteiger partial charge on any atom is 0.257 e. The first-order valence-electron chi connectivity index (χ1n) is 8.73. The normalized spacial score (nSPS) is 19.7. The van der Waals surface area contributed by atoms with Crippen LogP contribution in [0.2, 0.25) is 0 Å². The van der Waals surface area contributed by atoms with E-state index in [0.717, 1.165) is 24.2 Å². The van der Waals surface area contributed by atoms with Gasteiger partial charge < -0.3 is 19.2 Å². The van der Waals surface area contributed by atoms with Gasteiger partial charge in [-0.15, -0.1) is 0 Å². The van der Waals surface area contributed by atoms with Crippen molar-refractivity contribution in [3.63, 3.8) is 0 Å². The lowest BCUT2D eigenvalue weighted by atomic mass is 9.86. The SMILES string of the molecule is CCc1occc1C(=O)N1CCCC1C(C)(O)c1ccc(OC)cc1. The second kappa shape index (κ2) is 6.92. The fraction of sp³-hybridized carbons (Fsp3) is 0.450. The largest absolute Gasteiger partial charge is 0.497 e. The molecule has 1 aromatic heterocycles. The summed E-state index contributed by atoms with van der Waals surface area (Å²) < 4.78 is 10.6. The third-order valence-corrected chi connectivity index (χ3v) is 5.13. The number of methoxy groups -OCH3 is 1. The van der Waals surface area contributed by atoms with E-state index in [2.05, 4.69) is 0 Å². The molecule has 3 rings (SSSR count). The fourth-order valence-corrected chi connectivity index (χ4v) is 3.67. The van der Waals surface area contributed by atoms with Gasteiger partial charge in [0.15, 0.2) is 0 Å². The smallest absolute Gasteiger partial charge is 0.257 e. The molecular formula is C20H25NO4. The Morgan fingerprint density at radius 1 is 1.36 bits per heavy atom. The highest BCUT2D eigenvalue weighted by Gasteiger charge is 2.43. The molecule has 0 aliphatic carbocycles. The van der Waals surface area contributed by atoms with Gasteiger partial charge in [0.2, 0.25) is 0 Å². The zero-order valence-electron chi connectivity index (χ0n) is 15.0. The first-order chi connectivity index (χ1) is 12.0. The van der Waals surface area contributed by atoms with Crippen LogP contribution in [0, 0.1) is 0 Å². The van der Waals surface area contributed by atoms with Gasteiger partial charge in [-0.3, -0.25) is 4.79 Å². The third kappa shape index (κ3) is 3.16. The zero-order valence-corrected chi connectivity index (χ0v) is 15.0. The van der Waals surface area contributed by atoms with Crippen LogP contribution < -0.4 is 4.74 Å². The van der Waals surface area contributed by atoms with Crippen molar-refractivity contribution in [2.24, 2.45) is 0 Å². The molecule has 1 amide bonds. The highest BCUT2D eigenvalue weighted by molar-refractivity contribution is 5.95. The molecule has 1 fully saturated rings. The van der Waals surface area contributed by atoms with Gasteiger partial charge in [-0.2, -0.15) is 0 Å². The standard InChI is InChI=1S/C20H25NO4/c1-4-17-16(11-13-25-17)19(22)21-12-5-6-18(21)20(2,23)14-7-9-15(24-3)10-8-14/h7-11,13,18,23H,4-6,12H2,1-3H3. The molecule has 0 bridgehead atoms. The summed E-state index contributed by atoms with van der Waals surface area (Å²) >= 11 is 0. The lowest BCUT2D eigenvalue weighted by Crippen LogP contribution is -2.48. The molecule has 5 heteroatoms. The molecule has 1 aliphatic heterocycles. The molecule has 0 saturated carbocycles. The fourth-order valence-electron chi connectivity index (χ4n) is 3.67. The molecule has 5 nitrogen and oxygen atoms in total. The van der Waals surface area contributed by atoms with Crippen LogP contribution in [0.1, 0.15) is 48.4 Å². The number of rotatable bonds is 5. The quantitative estimate of drug-likeness (QED) is 0.904. The number of hydrogen-bond acceptors (Lipinski definition) is 4. The van der Waals surface area contributed by atoms with Crippen molar-refractivity contribution in [2.75, 3.05) is 13.7 Å². The predicted octanol–water partition coefficient (Wildman–Crippen LogP) is 3.36. The summed E-state index contributed by atoms with van der Waals surface area (Å²) in [5.41, 5.74) is 0.245. The Kier molecular flexibility index (Phi) is 4.86. The average Bonchev–Trinajstić information content (AvgIpc) is 3.30. The van der Waals surface area contributed by atoms with Gasteiger partial charge in [-0.25, -0.2) is 0 Å². The summed E-state index contributed by atoms with van der Waals surface area (Å²) in [6.45, 7) is 4.38. The number of benzene rings is 1. The van der Waals surface area contributed by atoms with E-state index in [1.165, 1.54) is 0 Å². The number of likely N-dealkylation sites (tertiary alicyclic amines) is 1. The van der Waals surface area contributed by atoms with Crippen molar-refractivity contribution in [1.82, 2.24) is 4.90 Å². The maximum atomic E-state index is 13.0. The summed E-state index contributed by atoms with van der Waals surface area (Å²) in [5.74, 6) is 1.37. The lowest BCUT2D eigenvalue weighted by molar-refractivity contribution is -0.0178. The summed E-state index contributed by atoms with van der Waals surface area (Å²) in [6.07, 6.45) is 3.87. The second-order valence-electron chi connectivity index (χ2n) is 6.64. The van der Waals surface area contributed by atoms with Gasteiger partial charge in [0.25, 0.3) is 5.91 Å². The van der Waals surface area contributed by atoms with E-state index in [4.69, 9.17) is 9.15 Å². The highest BCUT2D eigenvalue weighted by Crippen LogP contribution is 2.36. The maximum absolute atomic E-state index is 13.0.